The van der Waals surface area contributed by atoms with Gasteiger partial charge in [0.15, 0.2) is 0 Å². The quantitative estimate of drug-likeness (QED) is 0.723. The van der Waals surface area contributed by atoms with E-state index < -0.39 is 0 Å². The summed E-state index contributed by atoms with van der Waals surface area (Å²) in [5.41, 5.74) is 4.56. The van der Waals surface area contributed by atoms with Crippen LogP contribution in [0.2, 0.25) is 0 Å². The molecular formula is C27H31N3O2. The van der Waals surface area contributed by atoms with Gasteiger partial charge in [0.2, 0.25) is 11.8 Å². The summed E-state index contributed by atoms with van der Waals surface area (Å²) in [6, 6.07) is 12.3. The van der Waals surface area contributed by atoms with E-state index in [1.165, 1.54) is 11.1 Å². The van der Waals surface area contributed by atoms with E-state index in [-0.39, 0.29) is 29.7 Å². The van der Waals surface area contributed by atoms with Crippen LogP contribution in [0.3, 0.4) is 0 Å². The van der Waals surface area contributed by atoms with Crippen molar-refractivity contribution in [2.45, 2.75) is 51.5 Å². The Bertz CT molecular complexity index is 1030. The second-order valence-corrected chi connectivity index (χ2v) is 9.40. The summed E-state index contributed by atoms with van der Waals surface area (Å²) in [5, 5.41) is 0. The number of carbonyl (C=O) groups excluding carboxylic acids is 2. The molecule has 1 aromatic carbocycles. The van der Waals surface area contributed by atoms with Gasteiger partial charge in [-0.3, -0.25) is 14.6 Å². The molecule has 32 heavy (non-hydrogen) atoms. The van der Waals surface area contributed by atoms with E-state index in [1.807, 2.05) is 40.1 Å². The van der Waals surface area contributed by atoms with Crippen molar-refractivity contribution in [1.82, 2.24) is 9.88 Å². The zero-order chi connectivity index (χ0) is 22.1. The van der Waals surface area contributed by atoms with Gasteiger partial charge in [0.25, 0.3) is 0 Å². The molecule has 0 saturated heterocycles. The lowest BCUT2D eigenvalue weighted by Crippen LogP contribution is -2.49. The number of hydrogen-bond acceptors (Lipinski definition) is 3. The molecule has 5 heteroatoms. The summed E-state index contributed by atoms with van der Waals surface area (Å²) in [6.45, 7) is 3.46. The van der Waals surface area contributed by atoms with Crippen LogP contribution in [0.1, 0.15) is 50.2 Å². The highest BCUT2D eigenvalue weighted by atomic mass is 16.2. The predicted octanol–water partition coefficient (Wildman–Crippen LogP) is 4.48. The Hall–Kier alpha value is -2.95. The van der Waals surface area contributed by atoms with Crippen molar-refractivity contribution < 1.29 is 9.59 Å². The number of amides is 2. The zero-order valence-electron chi connectivity index (χ0n) is 18.7. The molecule has 5 rings (SSSR count). The van der Waals surface area contributed by atoms with E-state index in [4.69, 9.17) is 0 Å². The van der Waals surface area contributed by atoms with E-state index in [0.29, 0.717) is 6.54 Å². The Labute approximate surface area is 190 Å². The van der Waals surface area contributed by atoms with Crippen molar-refractivity contribution >= 4 is 23.1 Å². The van der Waals surface area contributed by atoms with Gasteiger partial charge in [-0.1, -0.05) is 37.1 Å². The Morgan fingerprint density at radius 2 is 1.69 bits per heavy atom. The molecule has 3 heterocycles. The highest BCUT2D eigenvalue weighted by Gasteiger charge is 2.42. The molecule has 1 aliphatic carbocycles. The van der Waals surface area contributed by atoms with Crippen LogP contribution in [0.5, 0.6) is 0 Å². The van der Waals surface area contributed by atoms with Crippen LogP contribution in [0, 0.1) is 11.8 Å². The second kappa shape index (κ2) is 8.89. The Morgan fingerprint density at radius 1 is 0.969 bits per heavy atom. The van der Waals surface area contributed by atoms with Gasteiger partial charge in [-0.25, -0.2) is 0 Å². The topological polar surface area (TPSA) is 53.5 Å². The number of pyridine rings is 1. The minimum absolute atomic E-state index is 0.141. The minimum Gasteiger partial charge on any atom is -0.338 e. The maximum Gasteiger partial charge on any atom is 0.231 e. The molecule has 3 atom stereocenters. The molecular weight excluding hydrogens is 398 g/mol. The molecule has 1 saturated carbocycles. The van der Waals surface area contributed by atoms with Gasteiger partial charge in [0.1, 0.15) is 0 Å². The number of hydrogen-bond donors (Lipinski definition) is 0. The lowest BCUT2D eigenvalue weighted by Gasteiger charge is -2.38. The summed E-state index contributed by atoms with van der Waals surface area (Å²) in [4.78, 5) is 35.6. The first kappa shape index (κ1) is 20.9. The number of rotatable bonds is 3. The van der Waals surface area contributed by atoms with Crippen molar-refractivity contribution in [2.24, 2.45) is 11.8 Å². The third kappa shape index (κ3) is 3.85. The van der Waals surface area contributed by atoms with Crippen LogP contribution in [0.25, 0.3) is 5.57 Å². The molecule has 1 aromatic heterocycles. The third-order valence-electron chi connectivity index (χ3n) is 7.36. The molecule has 0 N–H and O–H groups in total. The fourth-order valence-electron chi connectivity index (χ4n) is 5.74. The van der Waals surface area contributed by atoms with E-state index >= 15 is 0 Å². The SMILES string of the molecule is CC1Cc2ccccc2N1C(=O)C1CCCCC1C(=O)N1CCC=C(c2ccncc2)C1. The van der Waals surface area contributed by atoms with Crippen LogP contribution in [0.4, 0.5) is 5.69 Å². The third-order valence-corrected chi connectivity index (χ3v) is 7.36. The van der Waals surface area contributed by atoms with Crippen LogP contribution in [-0.2, 0) is 16.0 Å². The van der Waals surface area contributed by atoms with Crippen molar-refractivity contribution in [3.63, 3.8) is 0 Å². The molecule has 3 aliphatic rings. The van der Waals surface area contributed by atoms with Crippen LogP contribution >= 0.6 is 0 Å². The van der Waals surface area contributed by atoms with Crippen molar-refractivity contribution in [1.29, 1.82) is 0 Å². The molecule has 2 amide bonds. The Kier molecular flexibility index (Phi) is 5.81. The van der Waals surface area contributed by atoms with Crippen molar-refractivity contribution in [2.75, 3.05) is 18.0 Å². The van der Waals surface area contributed by atoms with Crippen LogP contribution < -0.4 is 4.90 Å². The summed E-state index contributed by atoms with van der Waals surface area (Å²) in [7, 11) is 0. The Balaban J connectivity index is 1.35. The van der Waals surface area contributed by atoms with E-state index in [2.05, 4.69) is 24.1 Å². The van der Waals surface area contributed by atoms with Crippen LogP contribution in [-0.4, -0.2) is 40.8 Å². The summed E-state index contributed by atoms with van der Waals surface area (Å²) in [5.74, 6) is -0.140. The van der Waals surface area contributed by atoms with E-state index in [0.717, 1.165) is 56.3 Å². The van der Waals surface area contributed by atoms with E-state index in [1.54, 1.807) is 12.4 Å². The fourth-order valence-corrected chi connectivity index (χ4v) is 5.74. The average Bonchev–Trinajstić information content (AvgIpc) is 3.19. The molecule has 0 bridgehead atoms. The maximum absolute atomic E-state index is 13.8. The number of aromatic nitrogens is 1. The largest absolute Gasteiger partial charge is 0.338 e. The van der Waals surface area contributed by atoms with Gasteiger partial charge in [0.05, 0.1) is 5.92 Å². The summed E-state index contributed by atoms with van der Waals surface area (Å²) < 4.78 is 0. The van der Waals surface area contributed by atoms with Gasteiger partial charge in [-0.05, 0) is 67.5 Å². The highest BCUT2D eigenvalue weighted by Crippen LogP contribution is 2.39. The number of fused-ring (bicyclic) bond motifs is 1. The van der Waals surface area contributed by atoms with Crippen molar-refractivity contribution in [3.05, 3.63) is 66.0 Å². The molecule has 1 fully saturated rings. The lowest BCUT2D eigenvalue weighted by molar-refractivity contribution is -0.142. The highest BCUT2D eigenvalue weighted by molar-refractivity contribution is 6.00. The first-order valence-corrected chi connectivity index (χ1v) is 11.9. The molecule has 2 aliphatic heterocycles. The molecule has 166 valence electrons. The van der Waals surface area contributed by atoms with Gasteiger partial charge in [-0.15, -0.1) is 0 Å². The van der Waals surface area contributed by atoms with E-state index in [9.17, 15) is 9.59 Å². The smallest absolute Gasteiger partial charge is 0.231 e. The number of para-hydroxylation sites is 1. The average molecular weight is 430 g/mol. The minimum atomic E-state index is -0.222. The Morgan fingerprint density at radius 3 is 2.47 bits per heavy atom. The molecule has 2 aromatic rings. The summed E-state index contributed by atoms with van der Waals surface area (Å²) >= 11 is 0. The van der Waals surface area contributed by atoms with Crippen LogP contribution in [0.15, 0.2) is 54.9 Å². The number of anilines is 1. The molecule has 0 spiro atoms. The lowest BCUT2D eigenvalue weighted by atomic mass is 9.77. The zero-order valence-corrected chi connectivity index (χ0v) is 18.7. The molecule has 5 nitrogen and oxygen atoms in total. The monoisotopic (exact) mass is 429 g/mol. The van der Waals surface area contributed by atoms with Gasteiger partial charge >= 0.3 is 0 Å². The maximum atomic E-state index is 13.8. The van der Waals surface area contributed by atoms with Gasteiger partial charge in [0, 0.05) is 43.1 Å². The normalized spacial score (nSPS) is 25.3. The number of benzene rings is 1. The summed E-state index contributed by atoms with van der Waals surface area (Å²) in [6.07, 6.45) is 11.2. The molecule has 3 unspecified atom stereocenters. The first-order chi connectivity index (χ1) is 15.6. The molecule has 0 radical (unpaired) electrons. The second-order valence-electron chi connectivity index (χ2n) is 9.40. The standard InChI is InChI=1S/C27H31N3O2/c1-19-17-21-7-2-5-11-25(21)30(19)27(32)24-10-4-3-9-23(24)26(31)29-16-6-8-22(18-29)20-12-14-28-15-13-20/h2,5,7-8,11-15,19,23-24H,3-4,6,9-10,16-18H2,1H3. The van der Waals surface area contributed by atoms with Gasteiger partial charge < -0.3 is 9.80 Å². The number of nitrogens with zero attached hydrogens (tertiary/aromatic N) is 3. The van der Waals surface area contributed by atoms with Gasteiger partial charge in [-0.2, -0.15) is 0 Å². The van der Waals surface area contributed by atoms with Crippen molar-refractivity contribution in [3.8, 4) is 0 Å². The predicted molar refractivity (Wildman–Crippen MR) is 126 cm³/mol. The fraction of sp³-hybridized carbons (Fsp3) is 0.444. The number of carbonyl (C=O) groups is 2. The first-order valence-electron chi connectivity index (χ1n) is 11.9.